The molecule has 0 amide bonds. The molecule has 1 atom stereocenters. The van der Waals surface area contributed by atoms with E-state index in [9.17, 15) is 8.42 Å². The lowest BCUT2D eigenvalue weighted by molar-refractivity contribution is 0.275. The molecule has 0 spiro atoms. The lowest BCUT2D eigenvalue weighted by Gasteiger charge is -2.37. The number of ether oxygens (including phenoxy) is 1. The number of halogens is 1. The molecule has 3 aromatic rings. The maximum atomic E-state index is 13.6. The van der Waals surface area contributed by atoms with E-state index in [1.54, 1.807) is 42.5 Å². The van der Waals surface area contributed by atoms with E-state index >= 15 is 0 Å². The highest BCUT2D eigenvalue weighted by molar-refractivity contribution is 7.92. The van der Waals surface area contributed by atoms with E-state index < -0.39 is 16.1 Å². The summed E-state index contributed by atoms with van der Waals surface area (Å²) in [7, 11) is -3.81. The van der Waals surface area contributed by atoms with Gasteiger partial charge in [-0.3, -0.25) is 4.31 Å². The molecule has 138 valence electrons. The second-order valence-electron chi connectivity index (χ2n) is 6.46. The molecule has 0 aliphatic carbocycles. The minimum atomic E-state index is -3.81. The topological polar surface area (TPSA) is 46.6 Å². The molecule has 1 aliphatic heterocycles. The summed E-state index contributed by atoms with van der Waals surface area (Å²) in [4.78, 5) is 0.238. The van der Waals surface area contributed by atoms with Gasteiger partial charge in [-0.05, 0) is 42.8 Å². The summed E-state index contributed by atoms with van der Waals surface area (Å²) in [5.41, 5.74) is 2.31. The first kappa shape index (κ1) is 17.9. The van der Waals surface area contributed by atoms with Gasteiger partial charge in [0.05, 0.1) is 10.6 Å². The molecule has 0 saturated carbocycles. The molecule has 0 fully saturated rings. The molecule has 0 bridgehead atoms. The predicted octanol–water partition coefficient (Wildman–Crippen LogP) is 4.98. The summed E-state index contributed by atoms with van der Waals surface area (Å²) in [5, 5.41) is 0.454. The second-order valence-corrected chi connectivity index (χ2v) is 8.71. The van der Waals surface area contributed by atoms with Crippen LogP contribution in [0.15, 0.2) is 77.7 Å². The molecule has 1 heterocycles. The van der Waals surface area contributed by atoms with Gasteiger partial charge in [0.15, 0.2) is 0 Å². The minimum absolute atomic E-state index is 0.226. The zero-order valence-corrected chi connectivity index (χ0v) is 16.2. The quantitative estimate of drug-likeness (QED) is 0.624. The zero-order valence-electron chi connectivity index (χ0n) is 14.7. The summed E-state index contributed by atoms with van der Waals surface area (Å²) in [6.07, 6.45) is 0. The van der Waals surface area contributed by atoms with Crippen molar-refractivity contribution in [1.29, 1.82) is 0 Å². The highest BCUT2D eigenvalue weighted by atomic mass is 35.5. The first-order chi connectivity index (χ1) is 13.0. The lowest BCUT2D eigenvalue weighted by atomic mass is 10.1. The summed E-state index contributed by atoms with van der Waals surface area (Å²) in [6, 6.07) is 20.9. The first-order valence-electron chi connectivity index (χ1n) is 8.55. The van der Waals surface area contributed by atoms with Gasteiger partial charge in [-0.15, -0.1) is 0 Å². The van der Waals surface area contributed by atoms with Crippen LogP contribution in [0.4, 0.5) is 5.69 Å². The number of nitrogens with zero attached hydrogens (tertiary/aromatic N) is 1. The van der Waals surface area contributed by atoms with Crippen molar-refractivity contribution in [1.82, 2.24) is 0 Å². The van der Waals surface area contributed by atoms with Gasteiger partial charge in [0, 0.05) is 5.02 Å². The number of hydrogen-bond donors (Lipinski definition) is 0. The fraction of sp³-hybridized carbons (Fsp3) is 0.143. The Morgan fingerprint density at radius 2 is 1.70 bits per heavy atom. The predicted molar refractivity (Wildman–Crippen MR) is 107 cm³/mol. The van der Waals surface area contributed by atoms with Crippen molar-refractivity contribution in [2.45, 2.75) is 17.9 Å². The van der Waals surface area contributed by atoms with Crippen LogP contribution < -0.4 is 9.04 Å². The SMILES string of the molecule is Cc1ccc(S(=O)(=O)N2c3cc(Cl)ccc3OCC2c2ccccc2)cc1. The van der Waals surface area contributed by atoms with Crippen molar-refractivity contribution < 1.29 is 13.2 Å². The van der Waals surface area contributed by atoms with Gasteiger partial charge in [0.2, 0.25) is 0 Å². The van der Waals surface area contributed by atoms with Crippen LogP contribution in [0.25, 0.3) is 0 Å². The fourth-order valence-corrected chi connectivity index (χ4v) is 5.01. The Balaban J connectivity index is 1.91. The average molecular weight is 400 g/mol. The Labute approximate surface area is 164 Å². The molecule has 27 heavy (non-hydrogen) atoms. The van der Waals surface area contributed by atoms with Gasteiger partial charge >= 0.3 is 0 Å². The fourth-order valence-electron chi connectivity index (χ4n) is 3.22. The maximum Gasteiger partial charge on any atom is 0.265 e. The van der Waals surface area contributed by atoms with Gasteiger partial charge in [0.25, 0.3) is 10.0 Å². The number of anilines is 1. The molecular formula is C21H18ClNO3S. The summed E-state index contributed by atoms with van der Waals surface area (Å²) in [5.74, 6) is 0.502. The molecule has 0 aromatic heterocycles. The third-order valence-electron chi connectivity index (χ3n) is 4.60. The Morgan fingerprint density at radius 3 is 2.41 bits per heavy atom. The Hall–Kier alpha value is -2.50. The van der Waals surface area contributed by atoms with Crippen LogP contribution >= 0.6 is 11.6 Å². The van der Waals surface area contributed by atoms with Crippen LogP contribution in [0.1, 0.15) is 17.2 Å². The van der Waals surface area contributed by atoms with E-state index in [2.05, 4.69) is 0 Å². The number of benzene rings is 3. The molecular weight excluding hydrogens is 382 g/mol. The van der Waals surface area contributed by atoms with Gasteiger partial charge < -0.3 is 4.74 Å². The van der Waals surface area contributed by atoms with Crippen LogP contribution in [0, 0.1) is 6.92 Å². The van der Waals surface area contributed by atoms with Crippen molar-refractivity contribution >= 4 is 27.3 Å². The Kier molecular flexibility index (Phi) is 4.58. The number of rotatable bonds is 3. The lowest BCUT2D eigenvalue weighted by Crippen LogP contribution is -2.41. The highest BCUT2D eigenvalue weighted by Gasteiger charge is 2.38. The van der Waals surface area contributed by atoms with E-state index in [1.807, 2.05) is 37.3 Å². The van der Waals surface area contributed by atoms with Gasteiger partial charge in [-0.2, -0.15) is 0 Å². The van der Waals surface area contributed by atoms with Crippen LogP contribution in [0.5, 0.6) is 5.75 Å². The smallest absolute Gasteiger partial charge is 0.265 e. The molecule has 4 rings (SSSR count). The Morgan fingerprint density at radius 1 is 1.00 bits per heavy atom. The van der Waals surface area contributed by atoms with E-state index in [-0.39, 0.29) is 11.5 Å². The number of fused-ring (bicyclic) bond motifs is 1. The maximum absolute atomic E-state index is 13.6. The van der Waals surface area contributed by atoms with Crippen molar-refractivity contribution in [3.63, 3.8) is 0 Å². The molecule has 6 heteroatoms. The van der Waals surface area contributed by atoms with Crippen LogP contribution in [-0.4, -0.2) is 15.0 Å². The molecule has 0 saturated heterocycles. The normalized spacial score (nSPS) is 16.5. The zero-order chi connectivity index (χ0) is 19.0. The molecule has 3 aromatic carbocycles. The van der Waals surface area contributed by atoms with Gasteiger partial charge in [-0.1, -0.05) is 59.6 Å². The van der Waals surface area contributed by atoms with E-state index in [0.29, 0.717) is 16.5 Å². The Bertz CT molecular complexity index is 1070. The minimum Gasteiger partial charge on any atom is -0.489 e. The molecule has 0 radical (unpaired) electrons. The third kappa shape index (κ3) is 3.29. The summed E-state index contributed by atoms with van der Waals surface area (Å²) >= 11 is 6.18. The van der Waals surface area contributed by atoms with Gasteiger partial charge in [0.1, 0.15) is 18.4 Å². The van der Waals surface area contributed by atoms with Crippen molar-refractivity contribution in [2.75, 3.05) is 10.9 Å². The van der Waals surface area contributed by atoms with Crippen LogP contribution in [-0.2, 0) is 10.0 Å². The standard InChI is InChI=1S/C21H18ClNO3S/c1-15-7-10-18(11-8-15)27(24,25)23-19-13-17(22)9-12-21(19)26-14-20(23)16-5-3-2-4-6-16/h2-13,20H,14H2,1H3. The van der Waals surface area contributed by atoms with Crippen molar-refractivity contribution in [2.24, 2.45) is 0 Å². The largest absolute Gasteiger partial charge is 0.489 e. The number of sulfonamides is 1. The third-order valence-corrected chi connectivity index (χ3v) is 6.67. The monoisotopic (exact) mass is 399 g/mol. The highest BCUT2D eigenvalue weighted by Crippen LogP contribution is 2.44. The average Bonchev–Trinajstić information content (AvgIpc) is 2.68. The molecule has 4 nitrogen and oxygen atoms in total. The first-order valence-corrected chi connectivity index (χ1v) is 10.4. The summed E-state index contributed by atoms with van der Waals surface area (Å²) < 4.78 is 34.5. The molecule has 1 unspecified atom stereocenters. The molecule has 1 aliphatic rings. The second kappa shape index (κ2) is 6.91. The van der Waals surface area contributed by atoms with Gasteiger partial charge in [-0.25, -0.2) is 8.42 Å². The number of aryl methyl sites for hydroxylation is 1. The van der Waals surface area contributed by atoms with E-state index in [4.69, 9.17) is 16.3 Å². The summed E-state index contributed by atoms with van der Waals surface area (Å²) in [6.45, 7) is 2.15. The molecule has 0 N–H and O–H groups in total. The van der Waals surface area contributed by atoms with E-state index in [1.165, 1.54) is 4.31 Å². The number of hydrogen-bond acceptors (Lipinski definition) is 3. The van der Waals surface area contributed by atoms with Crippen molar-refractivity contribution in [3.8, 4) is 5.75 Å². The van der Waals surface area contributed by atoms with Crippen LogP contribution in [0.3, 0.4) is 0 Å². The van der Waals surface area contributed by atoms with E-state index in [0.717, 1.165) is 11.1 Å². The van der Waals surface area contributed by atoms with Crippen LogP contribution in [0.2, 0.25) is 5.02 Å². The van der Waals surface area contributed by atoms with Crippen molar-refractivity contribution in [3.05, 3.63) is 88.9 Å².